The molecule has 7 heteroatoms. The summed E-state index contributed by atoms with van der Waals surface area (Å²) < 4.78 is 6.18. The van der Waals surface area contributed by atoms with E-state index >= 15 is 0 Å². The molecule has 1 saturated heterocycles. The highest BCUT2D eigenvalue weighted by Gasteiger charge is 2.19. The molecule has 0 aromatic heterocycles. The number of hydrogen-bond donors (Lipinski definition) is 2. The molecule has 6 nitrogen and oxygen atoms in total. The van der Waals surface area contributed by atoms with Crippen molar-refractivity contribution >= 4 is 35.8 Å². The number of carbonyl (C=O) groups excluding carboxylic acids is 1. The van der Waals surface area contributed by atoms with Gasteiger partial charge in [-0.2, -0.15) is 0 Å². The van der Waals surface area contributed by atoms with Crippen molar-refractivity contribution in [1.82, 2.24) is 15.5 Å². The van der Waals surface area contributed by atoms with E-state index in [2.05, 4.69) is 35.8 Å². The summed E-state index contributed by atoms with van der Waals surface area (Å²) in [6.07, 6.45) is 9.23. The highest BCUT2D eigenvalue weighted by Crippen LogP contribution is 2.24. The van der Waals surface area contributed by atoms with Gasteiger partial charge in [-0.05, 0) is 63.1 Å². The lowest BCUT2D eigenvalue weighted by Crippen LogP contribution is -2.39. The number of nitrogens with zero attached hydrogens (tertiary/aromatic N) is 2. The van der Waals surface area contributed by atoms with E-state index < -0.39 is 0 Å². The van der Waals surface area contributed by atoms with Crippen LogP contribution in [0.15, 0.2) is 29.3 Å². The van der Waals surface area contributed by atoms with E-state index in [0.29, 0.717) is 25.0 Å². The van der Waals surface area contributed by atoms with Crippen molar-refractivity contribution in [2.75, 3.05) is 26.2 Å². The number of halogens is 1. The minimum absolute atomic E-state index is 0. The Morgan fingerprint density at radius 1 is 1.20 bits per heavy atom. The van der Waals surface area contributed by atoms with Gasteiger partial charge in [-0.15, -0.1) is 24.0 Å². The van der Waals surface area contributed by atoms with Gasteiger partial charge in [-0.3, -0.25) is 4.79 Å². The number of nitrogens with one attached hydrogen (secondary N) is 2. The molecule has 168 valence electrons. The van der Waals surface area contributed by atoms with Crippen LogP contribution in [0.3, 0.4) is 0 Å². The van der Waals surface area contributed by atoms with E-state index in [4.69, 9.17) is 9.73 Å². The Kier molecular flexibility index (Phi) is 11.3. The number of likely N-dealkylation sites (tertiary alicyclic amines) is 1. The third-order valence-corrected chi connectivity index (χ3v) is 5.59. The van der Waals surface area contributed by atoms with Gasteiger partial charge in [0.2, 0.25) is 5.91 Å². The third-order valence-electron chi connectivity index (χ3n) is 5.59. The van der Waals surface area contributed by atoms with E-state index in [1.54, 1.807) is 0 Å². The predicted octanol–water partition coefficient (Wildman–Crippen LogP) is 4.08. The van der Waals surface area contributed by atoms with Crippen LogP contribution in [-0.2, 0) is 11.3 Å². The van der Waals surface area contributed by atoms with Crippen molar-refractivity contribution in [2.45, 2.75) is 70.9 Å². The molecule has 2 fully saturated rings. The Balaban J connectivity index is 0.00000320. The fourth-order valence-corrected chi connectivity index (χ4v) is 4.02. The van der Waals surface area contributed by atoms with Crippen LogP contribution >= 0.6 is 24.0 Å². The molecule has 1 aliphatic heterocycles. The first-order valence-electron chi connectivity index (χ1n) is 11.3. The van der Waals surface area contributed by atoms with E-state index in [-0.39, 0.29) is 24.0 Å². The van der Waals surface area contributed by atoms with E-state index in [0.717, 1.165) is 56.3 Å². The molecule has 30 heavy (non-hydrogen) atoms. The van der Waals surface area contributed by atoms with Crippen LogP contribution in [0.2, 0.25) is 0 Å². The van der Waals surface area contributed by atoms with Crippen molar-refractivity contribution in [3.05, 3.63) is 29.8 Å². The molecule has 3 rings (SSSR count). The van der Waals surface area contributed by atoms with E-state index in [9.17, 15) is 4.79 Å². The topological polar surface area (TPSA) is 66.0 Å². The van der Waals surface area contributed by atoms with Gasteiger partial charge in [0.1, 0.15) is 5.75 Å². The molecule has 0 bridgehead atoms. The van der Waals surface area contributed by atoms with E-state index in [1.807, 2.05) is 11.0 Å². The van der Waals surface area contributed by atoms with Gasteiger partial charge in [-0.25, -0.2) is 4.99 Å². The Hall–Kier alpha value is -1.51. The lowest BCUT2D eigenvalue weighted by atomic mass is 9.98. The molecule has 1 aromatic rings. The molecule has 1 saturated carbocycles. The second-order valence-electron chi connectivity index (χ2n) is 7.99. The summed E-state index contributed by atoms with van der Waals surface area (Å²) in [7, 11) is 0. The van der Waals surface area contributed by atoms with Gasteiger partial charge in [0.25, 0.3) is 0 Å². The minimum atomic E-state index is 0. The SMILES string of the molecule is CCNC(=NCc1cccc(OC2CCCCC2)c1)NCCCN1CCCC1=O.I. The number of benzene rings is 1. The zero-order valence-corrected chi connectivity index (χ0v) is 20.5. The minimum Gasteiger partial charge on any atom is -0.490 e. The van der Waals surface area contributed by atoms with Crippen LogP contribution in [0.1, 0.15) is 63.9 Å². The molecule has 0 spiro atoms. The fraction of sp³-hybridized carbons (Fsp3) is 0.652. The van der Waals surface area contributed by atoms with Crippen molar-refractivity contribution < 1.29 is 9.53 Å². The molecule has 1 aromatic carbocycles. The first-order chi connectivity index (χ1) is 14.2. The summed E-state index contributed by atoms with van der Waals surface area (Å²) >= 11 is 0. The highest BCUT2D eigenvalue weighted by atomic mass is 127. The number of ether oxygens (including phenoxy) is 1. The van der Waals surface area contributed by atoms with Gasteiger partial charge in [0.15, 0.2) is 5.96 Å². The maximum atomic E-state index is 11.7. The van der Waals surface area contributed by atoms with Crippen molar-refractivity contribution in [3.8, 4) is 5.75 Å². The average molecular weight is 528 g/mol. The fourth-order valence-electron chi connectivity index (χ4n) is 4.02. The molecule has 1 heterocycles. The van der Waals surface area contributed by atoms with Gasteiger partial charge >= 0.3 is 0 Å². The first-order valence-corrected chi connectivity index (χ1v) is 11.3. The van der Waals surface area contributed by atoms with Crippen LogP contribution in [0, 0.1) is 0 Å². The molecule has 1 amide bonds. The van der Waals surface area contributed by atoms with Crippen LogP contribution in [0.25, 0.3) is 0 Å². The molecule has 0 unspecified atom stereocenters. The largest absolute Gasteiger partial charge is 0.490 e. The zero-order valence-electron chi connectivity index (χ0n) is 18.2. The Labute approximate surface area is 198 Å². The normalized spacial score (nSPS) is 17.6. The van der Waals surface area contributed by atoms with Crippen molar-refractivity contribution in [3.63, 3.8) is 0 Å². The lowest BCUT2D eigenvalue weighted by molar-refractivity contribution is -0.127. The highest BCUT2D eigenvalue weighted by molar-refractivity contribution is 14.0. The quantitative estimate of drug-likeness (QED) is 0.220. The summed E-state index contributed by atoms with van der Waals surface area (Å²) in [5.74, 6) is 2.07. The van der Waals surface area contributed by atoms with Crippen LogP contribution < -0.4 is 15.4 Å². The number of hydrogen-bond acceptors (Lipinski definition) is 3. The van der Waals surface area contributed by atoms with E-state index in [1.165, 1.54) is 32.1 Å². The second-order valence-corrected chi connectivity index (χ2v) is 7.99. The second kappa shape index (κ2) is 13.7. The molecular formula is C23H37IN4O2. The first kappa shape index (κ1) is 24.8. The Bertz CT molecular complexity index is 677. The number of rotatable bonds is 9. The lowest BCUT2D eigenvalue weighted by Gasteiger charge is -2.23. The average Bonchev–Trinajstić information content (AvgIpc) is 3.15. The summed E-state index contributed by atoms with van der Waals surface area (Å²) in [5.41, 5.74) is 1.15. The summed E-state index contributed by atoms with van der Waals surface area (Å²) in [4.78, 5) is 18.4. The smallest absolute Gasteiger partial charge is 0.222 e. The van der Waals surface area contributed by atoms with Gasteiger partial charge in [0.05, 0.1) is 12.6 Å². The number of amides is 1. The summed E-state index contributed by atoms with van der Waals surface area (Å²) in [6, 6.07) is 8.31. The number of guanidine groups is 1. The summed E-state index contributed by atoms with van der Waals surface area (Å²) in [5, 5.41) is 6.68. The van der Waals surface area contributed by atoms with Crippen LogP contribution in [0.4, 0.5) is 0 Å². The van der Waals surface area contributed by atoms with Crippen LogP contribution in [-0.4, -0.2) is 49.0 Å². The third kappa shape index (κ3) is 8.32. The molecule has 2 aliphatic rings. The van der Waals surface area contributed by atoms with Gasteiger partial charge in [-0.1, -0.05) is 18.6 Å². The van der Waals surface area contributed by atoms with Gasteiger partial charge in [0, 0.05) is 32.6 Å². The number of aliphatic imine (C=N–C) groups is 1. The Morgan fingerprint density at radius 3 is 2.77 bits per heavy atom. The zero-order chi connectivity index (χ0) is 20.3. The monoisotopic (exact) mass is 528 g/mol. The van der Waals surface area contributed by atoms with Crippen LogP contribution in [0.5, 0.6) is 5.75 Å². The van der Waals surface area contributed by atoms with Crippen molar-refractivity contribution in [1.29, 1.82) is 0 Å². The molecule has 0 atom stereocenters. The predicted molar refractivity (Wildman–Crippen MR) is 133 cm³/mol. The number of carbonyl (C=O) groups is 1. The summed E-state index contributed by atoms with van der Waals surface area (Å²) in [6.45, 7) is 6.04. The molecular weight excluding hydrogens is 491 g/mol. The van der Waals surface area contributed by atoms with Gasteiger partial charge < -0.3 is 20.3 Å². The molecule has 0 radical (unpaired) electrons. The Morgan fingerprint density at radius 2 is 2.03 bits per heavy atom. The van der Waals surface area contributed by atoms with Crippen molar-refractivity contribution in [2.24, 2.45) is 4.99 Å². The standard InChI is InChI=1S/C23H36N4O2.HI/c1-2-24-23(25-14-8-16-27-15-7-13-22(27)28)26-18-19-9-6-12-21(17-19)29-20-10-4-3-5-11-20;/h6,9,12,17,20H,2-5,7-8,10-11,13-16,18H2,1H3,(H2,24,25,26);1H. The maximum Gasteiger partial charge on any atom is 0.222 e. The molecule has 2 N–H and O–H groups in total. The maximum absolute atomic E-state index is 11.7. The molecule has 1 aliphatic carbocycles.